The van der Waals surface area contributed by atoms with Gasteiger partial charge in [-0.1, -0.05) is 0 Å². The number of rotatable bonds is 1. The zero-order chi connectivity index (χ0) is 10.8. The van der Waals surface area contributed by atoms with Gasteiger partial charge in [0, 0.05) is 18.7 Å². The van der Waals surface area contributed by atoms with Gasteiger partial charge < -0.3 is 10.6 Å². The first-order chi connectivity index (χ1) is 7.18. The number of amides is 1. The van der Waals surface area contributed by atoms with Crippen LogP contribution in [0.5, 0.6) is 0 Å². The second kappa shape index (κ2) is 3.88. The molecule has 1 fully saturated rings. The lowest BCUT2D eigenvalue weighted by molar-refractivity contribution is -0.119. The smallest absolute Gasteiger partial charge is 0.226 e. The van der Waals surface area contributed by atoms with Crippen LogP contribution in [0.25, 0.3) is 0 Å². The van der Waals surface area contributed by atoms with Crippen molar-refractivity contribution in [3.8, 4) is 0 Å². The maximum atomic E-state index is 12.9. The largest absolute Gasteiger partial charge is 0.396 e. The lowest BCUT2D eigenvalue weighted by atomic mass is 10.1. The SMILES string of the molecule is Nc1cc(N2CCCCC2=O)ccc1F. The summed E-state index contributed by atoms with van der Waals surface area (Å²) in [6.07, 6.45) is 2.49. The minimum atomic E-state index is -0.441. The Labute approximate surface area is 87.7 Å². The number of nitrogen functional groups attached to an aromatic ring is 1. The van der Waals surface area contributed by atoms with Crippen molar-refractivity contribution in [2.45, 2.75) is 19.3 Å². The molecule has 80 valence electrons. The fraction of sp³-hybridized carbons (Fsp3) is 0.364. The van der Waals surface area contributed by atoms with E-state index >= 15 is 0 Å². The fourth-order valence-electron chi connectivity index (χ4n) is 1.78. The highest BCUT2D eigenvalue weighted by atomic mass is 19.1. The Kier molecular flexibility index (Phi) is 2.58. The number of benzene rings is 1. The third kappa shape index (κ3) is 1.93. The molecule has 1 amide bonds. The van der Waals surface area contributed by atoms with Crippen LogP contribution >= 0.6 is 0 Å². The van der Waals surface area contributed by atoms with Gasteiger partial charge in [0.15, 0.2) is 0 Å². The molecular weight excluding hydrogens is 195 g/mol. The predicted molar refractivity (Wildman–Crippen MR) is 57.0 cm³/mol. The summed E-state index contributed by atoms with van der Waals surface area (Å²) in [6.45, 7) is 0.698. The molecule has 4 heteroatoms. The normalized spacial score (nSPS) is 16.9. The number of anilines is 2. The summed E-state index contributed by atoms with van der Waals surface area (Å²) in [6, 6.07) is 4.40. The number of hydrogen-bond acceptors (Lipinski definition) is 2. The van der Waals surface area contributed by atoms with Gasteiger partial charge in [-0.2, -0.15) is 0 Å². The average Bonchev–Trinajstić information content (AvgIpc) is 2.23. The quantitative estimate of drug-likeness (QED) is 0.717. The lowest BCUT2D eigenvalue weighted by Crippen LogP contribution is -2.35. The zero-order valence-electron chi connectivity index (χ0n) is 8.37. The summed E-state index contributed by atoms with van der Waals surface area (Å²) >= 11 is 0. The lowest BCUT2D eigenvalue weighted by Gasteiger charge is -2.26. The Morgan fingerprint density at radius 3 is 2.80 bits per heavy atom. The summed E-state index contributed by atoms with van der Waals surface area (Å²) in [7, 11) is 0. The molecule has 15 heavy (non-hydrogen) atoms. The molecule has 0 atom stereocenters. The van der Waals surface area contributed by atoms with Crippen LogP contribution < -0.4 is 10.6 Å². The van der Waals surface area contributed by atoms with Crippen LogP contribution in [0, 0.1) is 5.82 Å². The molecule has 1 aromatic rings. The first kappa shape index (κ1) is 9.96. The molecule has 0 saturated carbocycles. The number of nitrogens with zero attached hydrogens (tertiary/aromatic N) is 1. The van der Waals surface area contributed by atoms with Gasteiger partial charge >= 0.3 is 0 Å². The van der Waals surface area contributed by atoms with E-state index in [1.165, 1.54) is 12.1 Å². The van der Waals surface area contributed by atoms with Gasteiger partial charge in [0.25, 0.3) is 0 Å². The van der Waals surface area contributed by atoms with Gasteiger partial charge in [-0.05, 0) is 31.0 Å². The van der Waals surface area contributed by atoms with Gasteiger partial charge in [-0.15, -0.1) is 0 Å². The Balaban J connectivity index is 2.28. The summed E-state index contributed by atoms with van der Waals surface area (Å²) in [4.78, 5) is 13.2. The molecule has 1 aliphatic heterocycles. The predicted octanol–water partition coefficient (Wildman–Crippen LogP) is 1.92. The number of carbonyl (C=O) groups excluding carboxylic acids is 1. The Morgan fingerprint density at radius 1 is 1.33 bits per heavy atom. The van der Waals surface area contributed by atoms with Crippen molar-refractivity contribution >= 4 is 17.3 Å². The Hall–Kier alpha value is -1.58. The number of piperidine rings is 1. The van der Waals surface area contributed by atoms with Gasteiger partial charge in [-0.3, -0.25) is 4.79 Å². The molecule has 1 aliphatic rings. The van der Waals surface area contributed by atoms with Crippen LogP contribution in [-0.2, 0) is 4.79 Å². The van der Waals surface area contributed by atoms with E-state index in [4.69, 9.17) is 5.73 Å². The molecule has 1 aromatic carbocycles. The second-order valence-corrected chi connectivity index (χ2v) is 3.71. The highest BCUT2D eigenvalue weighted by Gasteiger charge is 2.19. The third-order valence-electron chi connectivity index (χ3n) is 2.61. The van der Waals surface area contributed by atoms with Crippen molar-refractivity contribution in [1.82, 2.24) is 0 Å². The van der Waals surface area contributed by atoms with Crippen LogP contribution in [0.1, 0.15) is 19.3 Å². The van der Waals surface area contributed by atoms with E-state index in [9.17, 15) is 9.18 Å². The standard InChI is InChI=1S/C11H13FN2O/c12-9-5-4-8(7-10(9)13)14-6-2-1-3-11(14)15/h4-5,7H,1-3,6,13H2. The molecule has 0 bridgehead atoms. The number of carbonyl (C=O) groups is 1. The fourth-order valence-corrected chi connectivity index (χ4v) is 1.78. The van der Waals surface area contributed by atoms with Crippen LogP contribution in [0.3, 0.4) is 0 Å². The zero-order valence-corrected chi connectivity index (χ0v) is 8.37. The molecule has 0 aromatic heterocycles. The van der Waals surface area contributed by atoms with E-state index in [1.54, 1.807) is 11.0 Å². The molecule has 1 saturated heterocycles. The van der Waals surface area contributed by atoms with Crippen molar-refractivity contribution in [3.63, 3.8) is 0 Å². The van der Waals surface area contributed by atoms with Crippen molar-refractivity contribution in [2.24, 2.45) is 0 Å². The summed E-state index contributed by atoms with van der Waals surface area (Å²) in [5.74, 6) is -0.351. The highest BCUT2D eigenvalue weighted by Crippen LogP contribution is 2.24. The molecule has 0 spiro atoms. The van der Waals surface area contributed by atoms with Gasteiger partial charge in [0.2, 0.25) is 5.91 Å². The van der Waals surface area contributed by atoms with Gasteiger partial charge in [-0.25, -0.2) is 4.39 Å². The average molecular weight is 208 g/mol. The molecule has 2 rings (SSSR count). The molecular formula is C11H13FN2O. The van der Waals surface area contributed by atoms with E-state index in [2.05, 4.69) is 0 Å². The Bertz CT molecular complexity index is 392. The first-order valence-corrected chi connectivity index (χ1v) is 5.04. The highest BCUT2D eigenvalue weighted by molar-refractivity contribution is 5.94. The second-order valence-electron chi connectivity index (χ2n) is 3.71. The number of halogens is 1. The summed E-state index contributed by atoms with van der Waals surface area (Å²) in [5.41, 5.74) is 6.24. The van der Waals surface area contributed by atoms with Crippen LogP contribution in [-0.4, -0.2) is 12.5 Å². The molecule has 1 heterocycles. The summed E-state index contributed by atoms with van der Waals surface area (Å²) < 4.78 is 12.9. The van der Waals surface area contributed by atoms with Gasteiger partial charge in [0.05, 0.1) is 5.69 Å². The van der Waals surface area contributed by atoms with Crippen LogP contribution in [0.2, 0.25) is 0 Å². The first-order valence-electron chi connectivity index (χ1n) is 5.04. The van der Waals surface area contributed by atoms with Crippen LogP contribution in [0.4, 0.5) is 15.8 Å². The van der Waals surface area contributed by atoms with Crippen molar-refractivity contribution < 1.29 is 9.18 Å². The van der Waals surface area contributed by atoms with E-state index in [-0.39, 0.29) is 11.6 Å². The van der Waals surface area contributed by atoms with Crippen LogP contribution in [0.15, 0.2) is 18.2 Å². The van der Waals surface area contributed by atoms with Crippen molar-refractivity contribution in [2.75, 3.05) is 17.2 Å². The number of hydrogen-bond donors (Lipinski definition) is 1. The Morgan fingerprint density at radius 2 is 2.13 bits per heavy atom. The maximum Gasteiger partial charge on any atom is 0.226 e. The molecule has 0 radical (unpaired) electrons. The minimum absolute atomic E-state index is 0.0888. The van der Waals surface area contributed by atoms with E-state index in [0.717, 1.165) is 12.8 Å². The van der Waals surface area contributed by atoms with E-state index in [0.29, 0.717) is 18.7 Å². The number of nitrogens with two attached hydrogens (primary N) is 1. The molecule has 0 unspecified atom stereocenters. The van der Waals surface area contributed by atoms with Crippen molar-refractivity contribution in [1.29, 1.82) is 0 Å². The topological polar surface area (TPSA) is 46.3 Å². The summed E-state index contributed by atoms with van der Waals surface area (Å²) in [5, 5.41) is 0. The molecule has 0 aliphatic carbocycles. The molecule has 2 N–H and O–H groups in total. The minimum Gasteiger partial charge on any atom is -0.396 e. The van der Waals surface area contributed by atoms with E-state index in [1.807, 2.05) is 0 Å². The maximum absolute atomic E-state index is 12.9. The van der Waals surface area contributed by atoms with Gasteiger partial charge in [0.1, 0.15) is 5.82 Å². The third-order valence-corrected chi connectivity index (χ3v) is 2.61. The monoisotopic (exact) mass is 208 g/mol. The molecule has 3 nitrogen and oxygen atoms in total. The van der Waals surface area contributed by atoms with Crippen molar-refractivity contribution in [3.05, 3.63) is 24.0 Å². The van der Waals surface area contributed by atoms with E-state index < -0.39 is 5.82 Å².